The molecular weight excluding hydrogens is 306 g/mol. The Kier molecular flexibility index (Phi) is 3.47. The van der Waals surface area contributed by atoms with Crippen LogP contribution in [0.4, 0.5) is 5.95 Å². The molecule has 0 radical (unpaired) electrons. The van der Waals surface area contributed by atoms with Crippen molar-refractivity contribution in [3.05, 3.63) is 44.0 Å². The number of nitrogen functional groups attached to an aromatic ring is 1. The molecule has 0 amide bonds. The maximum Gasteiger partial charge on any atom is 0.261 e. The summed E-state index contributed by atoms with van der Waals surface area (Å²) in [5.74, 6) is 0.148. The number of halogens is 1. The van der Waals surface area contributed by atoms with E-state index >= 15 is 0 Å². The summed E-state index contributed by atoms with van der Waals surface area (Å²) in [5, 5.41) is 1.32. The Morgan fingerprint density at radius 2 is 2.19 bits per heavy atom. The van der Waals surface area contributed by atoms with Gasteiger partial charge in [0.2, 0.25) is 5.95 Å². The molecule has 0 unspecified atom stereocenters. The average Bonchev–Trinajstić information content (AvgIpc) is 2.80. The molecule has 0 fully saturated rings. The largest absolute Gasteiger partial charge is 0.369 e. The van der Waals surface area contributed by atoms with Crippen LogP contribution in [0.25, 0.3) is 21.3 Å². The van der Waals surface area contributed by atoms with Crippen molar-refractivity contribution in [3.8, 4) is 11.1 Å². The molecule has 3 aromatic rings. The molecule has 2 heterocycles. The number of nitrogens with one attached hydrogen (secondary N) is 1. The second-order valence-electron chi connectivity index (χ2n) is 4.85. The zero-order valence-corrected chi connectivity index (χ0v) is 13.2. The molecule has 0 atom stereocenters. The first-order chi connectivity index (χ1) is 10.0. The highest BCUT2D eigenvalue weighted by Gasteiger charge is 2.17. The van der Waals surface area contributed by atoms with Gasteiger partial charge >= 0.3 is 0 Å². The molecule has 0 aliphatic rings. The normalized spacial score (nSPS) is 11.2. The Bertz CT molecular complexity index is 898. The fourth-order valence-electron chi connectivity index (χ4n) is 2.43. The topological polar surface area (TPSA) is 71.8 Å². The van der Waals surface area contributed by atoms with E-state index in [4.69, 9.17) is 17.3 Å². The van der Waals surface area contributed by atoms with E-state index in [0.29, 0.717) is 15.2 Å². The molecule has 2 aromatic heterocycles. The van der Waals surface area contributed by atoms with Crippen molar-refractivity contribution in [2.45, 2.75) is 20.3 Å². The van der Waals surface area contributed by atoms with Gasteiger partial charge in [0.15, 0.2) is 0 Å². The number of H-pyrrole nitrogens is 1. The molecule has 0 saturated heterocycles. The Balaban J connectivity index is 2.40. The number of nitrogens with zero attached hydrogens (tertiary/aromatic N) is 1. The van der Waals surface area contributed by atoms with Crippen molar-refractivity contribution in [2.75, 3.05) is 5.73 Å². The third-order valence-corrected chi connectivity index (χ3v) is 5.07. The second kappa shape index (κ2) is 5.16. The van der Waals surface area contributed by atoms with Crippen LogP contribution in [-0.2, 0) is 6.42 Å². The lowest BCUT2D eigenvalue weighted by atomic mass is 10.0. The van der Waals surface area contributed by atoms with E-state index in [0.717, 1.165) is 28.0 Å². The van der Waals surface area contributed by atoms with Gasteiger partial charge in [-0.3, -0.25) is 9.78 Å². The van der Waals surface area contributed by atoms with Crippen LogP contribution in [0, 0.1) is 6.92 Å². The number of hydrogen-bond acceptors (Lipinski definition) is 4. The Labute approximate surface area is 130 Å². The number of aromatic nitrogens is 2. The summed E-state index contributed by atoms with van der Waals surface area (Å²) in [6, 6.07) is 5.79. The van der Waals surface area contributed by atoms with Crippen molar-refractivity contribution in [3.63, 3.8) is 0 Å². The molecule has 3 N–H and O–H groups in total. The minimum Gasteiger partial charge on any atom is -0.369 e. The quantitative estimate of drug-likeness (QED) is 0.755. The van der Waals surface area contributed by atoms with Crippen molar-refractivity contribution in [1.82, 2.24) is 9.97 Å². The molecule has 4 nitrogen and oxygen atoms in total. The number of rotatable bonds is 2. The average molecular weight is 320 g/mol. The lowest BCUT2D eigenvalue weighted by Crippen LogP contribution is -2.10. The van der Waals surface area contributed by atoms with Gasteiger partial charge in [-0.05, 0) is 36.6 Å². The summed E-state index contributed by atoms with van der Waals surface area (Å²) in [6.45, 7) is 4.01. The highest BCUT2D eigenvalue weighted by atomic mass is 35.5. The van der Waals surface area contributed by atoms with Crippen LogP contribution >= 0.6 is 22.9 Å². The third-order valence-electron chi connectivity index (χ3n) is 3.42. The van der Waals surface area contributed by atoms with E-state index in [1.54, 1.807) is 0 Å². The predicted octanol–water partition coefficient (Wildman–Crippen LogP) is 3.76. The summed E-state index contributed by atoms with van der Waals surface area (Å²) in [5.41, 5.74) is 8.33. The van der Waals surface area contributed by atoms with Gasteiger partial charge < -0.3 is 5.73 Å². The summed E-state index contributed by atoms with van der Waals surface area (Å²) < 4.78 is 0. The molecule has 0 saturated carbocycles. The van der Waals surface area contributed by atoms with Crippen LogP contribution in [0.15, 0.2) is 23.0 Å². The zero-order valence-electron chi connectivity index (χ0n) is 11.7. The number of hydrogen-bond donors (Lipinski definition) is 2. The molecule has 3 rings (SSSR count). The zero-order chi connectivity index (χ0) is 15.1. The smallest absolute Gasteiger partial charge is 0.261 e. The van der Waals surface area contributed by atoms with E-state index in [2.05, 4.69) is 16.9 Å². The van der Waals surface area contributed by atoms with Crippen LogP contribution in [0.3, 0.4) is 0 Å². The fourth-order valence-corrected chi connectivity index (χ4v) is 3.68. The van der Waals surface area contributed by atoms with Crippen LogP contribution in [-0.4, -0.2) is 9.97 Å². The number of thiophene rings is 1. The minimum atomic E-state index is -0.198. The summed E-state index contributed by atoms with van der Waals surface area (Å²) in [4.78, 5) is 20.9. The molecule has 0 spiro atoms. The van der Waals surface area contributed by atoms with Crippen molar-refractivity contribution in [1.29, 1.82) is 0 Å². The lowest BCUT2D eigenvalue weighted by molar-refractivity contribution is 1.18. The van der Waals surface area contributed by atoms with E-state index in [-0.39, 0.29) is 11.5 Å². The first kappa shape index (κ1) is 14.1. The van der Waals surface area contributed by atoms with Crippen LogP contribution in [0.2, 0.25) is 5.02 Å². The van der Waals surface area contributed by atoms with Gasteiger partial charge in [-0.2, -0.15) is 0 Å². The minimum absolute atomic E-state index is 0.148. The molecule has 1 aromatic carbocycles. The predicted molar refractivity (Wildman–Crippen MR) is 89.2 cm³/mol. The third kappa shape index (κ3) is 2.32. The number of benzene rings is 1. The maximum atomic E-state index is 12.3. The standard InChI is InChI=1S/C15H14ClN3OS/c1-3-10-11(8-4-5-9(16)7(2)6-8)12-13(20)18-15(17)19-14(12)21-10/h4-6H,3H2,1-2H3,(H3,17,18,19,20). The monoisotopic (exact) mass is 319 g/mol. The first-order valence-electron chi connectivity index (χ1n) is 6.59. The highest BCUT2D eigenvalue weighted by Crippen LogP contribution is 2.37. The van der Waals surface area contributed by atoms with Gasteiger partial charge in [-0.1, -0.05) is 24.6 Å². The van der Waals surface area contributed by atoms with E-state index in [1.807, 2.05) is 25.1 Å². The number of aromatic amines is 1. The Hall–Kier alpha value is -1.85. The van der Waals surface area contributed by atoms with Gasteiger partial charge in [0, 0.05) is 15.5 Å². The van der Waals surface area contributed by atoms with E-state index in [9.17, 15) is 4.79 Å². The second-order valence-corrected chi connectivity index (χ2v) is 6.34. The highest BCUT2D eigenvalue weighted by molar-refractivity contribution is 7.19. The molecular formula is C15H14ClN3OS. The Morgan fingerprint density at radius 3 is 2.86 bits per heavy atom. The molecule has 0 bridgehead atoms. The van der Waals surface area contributed by atoms with Gasteiger partial charge in [0.1, 0.15) is 4.83 Å². The number of nitrogens with two attached hydrogens (primary N) is 1. The molecule has 6 heteroatoms. The van der Waals surface area contributed by atoms with Crippen molar-refractivity contribution in [2.24, 2.45) is 0 Å². The number of aryl methyl sites for hydroxylation is 2. The van der Waals surface area contributed by atoms with Gasteiger partial charge in [0.05, 0.1) is 5.39 Å². The van der Waals surface area contributed by atoms with Crippen LogP contribution < -0.4 is 11.3 Å². The molecule has 0 aliphatic heterocycles. The van der Waals surface area contributed by atoms with Crippen molar-refractivity contribution >= 4 is 39.1 Å². The first-order valence-corrected chi connectivity index (χ1v) is 7.78. The summed E-state index contributed by atoms with van der Waals surface area (Å²) >= 11 is 7.60. The molecule has 0 aliphatic carbocycles. The van der Waals surface area contributed by atoms with Gasteiger partial charge in [-0.15, -0.1) is 11.3 Å². The number of anilines is 1. The maximum absolute atomic E-state index is 12.3. The molecule has 108 valence electrons. The summed E-state index contributed by atoms with van der Waals surface area (Å²) in [6.07, 6.45) is 0.831. The fraction of sp³-hybridized carbons (Fsp3) is 0.200. The lowest BCUT2D eigenvalue weighted by Gasteiger charge is -2.06. The molecule has 21 heavy (non-hydrogen) atoms. The van der Waals surface area contributed by atoms with Crippen LogP contribution in [0.5, 0.6) is 0 Å². The van der Waals surface area contributed by atoms with E-state index in [1.165, 1.54) is 11.3 Å². The Morgan fingerprint density at radius 1 is 1.43 bits per heavy atom. The van der Waals surface area contributed by atoms with Gasteiger partial charge in [-0.25, -0.2) is 4.98 Å². The van der Waals surface area contributed by atoms with E-state index < -0.39 is 0 Å². The number of fused-ring (bicyclic) bond motifs is 1. The van der Waals surface area contributed by atoms with Crippen molar-refractivity contribution < 1.29 is 0 Å². The SMILES string of the molecule is CCc1sc2nc(N)[nH]c(=O)c2c1-c1ccc(Cl)c(C)c1. The summed E-state index contributed by atoms with van der Waals surface area (Å²) in [7, 11) is 0. The van der Waals surface area contributed by atoms with Crippen LogP contribution in [0.1, 0.15) is 17.4 Å². The van der Waals surface area contributed by atoms with Gasteiger partial charge in [0.25, 0.3) is 5.56 Å².